The van der Waals surface area contributed by atoms with Crippen LogP contribution >= 0.6 is 0 Å². The Hall–Kier alpha value is -3.66. The monoisotopic (exact) mass is 518 g/mol. The first-order chi connectivity index (χ1) is 17.7. The van der Waals surface area contributed by atoms with Crippen molar-refractivity contribution in [2.45, 2.75) is 58.6 Å². The molecule has 37 heavy (non-hydrogen) atoms. The Balaban J connectivity index is 0.000000738. The van der Waals surface area contributed by atoms with Crippen LogP contribution in [-0.2, 0) is 19.1 Å². The van der Waals surface area contributed by atoms with Gasteiger partial charge in [-0.15, -0.1) is 0 Å². The van der Waals surface area contributed by atoms with Gasteiger partial charge in [0.2, 0.25) is 6.79 Å². The number of cyclic esters (lactones) is 1. The summed E-state index contributed by atoms with van der Waals surface area (Å²) in [6, 6.07) is 0.724. The van der Waals surface area contributed by atoms with Gasteiger partial charge >= 0.3 is 11.9 Å². The molecule has 1 aliphatic rings. The molecular weight excluding hydrogens is 480 g/mol. The molecule has 0 spiro atoms. The molecule has 10 heteroatoms. The molecule has 0 bridgehead atoms. The molecule has 1 fully saturated rings. The van der Waals surface area contributed by atoms with Gasteiger partial charge in [-0.05, 0) is 31.3 Å². The van der Waals surface area contributed by atoms with Crippen molar-refractivity contribution in [2.24, 2.45) is 5.92 Å². The van der Waals surface area contributed by atoms with Gasteiger partial charge in [-0.1, -0.05) is 51.2 Å². The molecule has 0 aromatic carbocycles. The summed E-state index contributed by atoms with van der Waals surface area (Å²) in [6.45, 7) is 11.8. The number of esters is 2. The second kappa shape index (κ2) is 16.9. The molecule has 204 valence electrons. The average Bonchev–Trinajstić information content (AvgIpc) is 2.91. The number of carbonyl (C=O) groups is 3. The number of allylic oxidation sites excluding steroid dienone is 2. The Morgan fingerprint density at radius 3 is 2.59 bits per heavy atom. The highest BCUT2D eigenvalue weighted by atomic mass is 16.7. The van der Waals surface area contributed by atoms with Crippen LogP contribution in [0.4, 0.5) is 0 Å². The molecule has 0 saturated carbocycles. The number of hydrogen-bond acceptors (Lipinski definition) is 9. The summed E-state index contributed by atoms with van der Waals surface area (Å²) in [5, 5.41) is 11.2. The maximum absolute atomic E-state index is 12.8. The van der Waals surface area contributed by atoms with Gasteiger partial charge in [0.15, 0.2) is 17.2 Å². The second-order valence-electron chi connectivity index (χ2n) is 8.47. The molecule has 3 atom stereocenters. The average molecular weight is 519 g/mol. The lowest BCUT2D eigenvalue weighted by Gasteiger charge is -2.20. The first kappa shape index (κ1) is 31.4. The van der Waals surface area contributed by atoms with Crippen molar-refractivity contribution in [1.29, 1.82) is 0 Å². The minimum Gasteiger partial charge on any atom is -0.493 e. The summed E-state index contributed by atoms with van der Waals surface area (Å²) in [5.74, 6) is -0.901. The van der Waals surface area contributed by atoms with E-state index in [0.717, 1.165) is 24.8 Å². The Kier molecular flexibility index (Phi) is 14.3. The molecule has 0 radical (unpaired) electrons. The number of methoxy groups -OCH3 is 1. The number of hydrogen-bond donors (Lipinski definition) is 2. The van der Waals surface area contributed by atoms with Crippen LogP contribution in [0.3, 0.4) is 0 Å². The van der Waals surface area contributed by atoms with Crippen molar-refractivity contribution in [2.75, 3.05) is 20.5 Å². The largest absolute Gasteiger partial charge is 0.493 e. The number of nitrogens with one attached hydrogen (secondary N) is 1. The lowest BCUT2D eigenvalue weighted by molar-refractivity contribution is -0.151. The lowest BCUT2D eigenvalue weighted by atomic mass is 9.97. The molecule has 1 amide bonds. The van der Waals surface area contributed by atoms with E-state index in [9.17, 15) is 14.4 Å². The van der Waals surface area contributed by atoms with Crippen LogP contribution in [0.2, 0.25) is 0 Å². The predicted molar refractivity (Wildman–Crippen MR) is 138 cm³/mol. The maximum atomic E-state index is 12.8. The van der Waals surface area contributed by atoms with E-state index < -0.39 is 30.7 Å². The van der Waals surface area contributed by atoms with Crippen molar-refractivity contribution in [3.63, 3.8) is 0 Å². The smallest absolute Gasteiger partial charge is 0.328 e. The van der Waals surface area contributed by atoms with Crippen molar-refractivity contribution in [1.82, 2.24) is 10.3 Å². The number of nitrogens with zero attached hydrogens (tertiary/aromatic N) is 1. The minimum atomic E-state index is -0.787. The van der Waals surface area contributed by atoms with E-state index in [1.807, 2.05) is 6.92 Å². The molecule has 2 N–H and O–H groups in total. The third-order valence-electron chi connectivity index (χ3n) is 5.38. The molecule has 1 saturated heterocycles. The highest BCUT2D eigenvalue weighted by molar-refractivity contribution is 5.98. The van der Waals surface area contributed by atoms with E-state index >= 15 is 0 Å². The van der Waals surface area contributed by atoms with Gasteiger partial charge in [-0.2, -0.15) is 0 Å². The summed E-state index contributed by atoms with van der Waals surface area (Å²) in [4.78, 5) is 40.4. The minimum absolute atomic E-state index is 0.0205. The fourth-order valence-corrected chi connectivity index (χ4v) is 3.56. The summed E-state index contributed by atoms with van der Waals surface area (Å²) >= 11 is 0. The van der Waals surface area contributed by atoms with Gasteiger partial charge in [-0.25, -0.2) is 9.78 Å². The third-order valence-corrected chi connectivity index (χ3v) is 5.38. The highest BCUT2D eigenvalue weighted by Crippen LogP contribution is 2.30. The molecule has 0 aliphatic carbocycles. The zero-order valence-corrected chi connectivity index (χ0v) is 22.0. The topological polar surface area (TPSA) is 133 Å². The van der Waals surface area contributed by atoms with E-state index in [0.29, 0.717) is 12.3 Å². The SMILES string of the molecule is C=C/C=C(\C=C)CO.COc1ccnc(C(=O)N[C@H]2CCCC(C)CC(C)OC2=O)c1OCOC(C)=O. The molecular formula is C27H38N2O8. The number of ether oxygens (including phenoxy) is 4. The van der Waals surface area contributed by atoms with E-state index in [-0.39, 0.29) is 29.9 Å². The van der Waals surface area contributed by atoms with Gasteiger partial charge in [0.05, 0.1) is 19.8 Å². The quantitative estimate of drug-likeness (QED) is 0.286. The lowest BCUT2D eigenvalue weighted by Crippen LogP contribution is -2.43. The van der Waals surface area contributed by atoms with Crippen molar-refractivity contribution in [3.05, 3.63) is 54.9 Å². The zero-order valence-electron chi connectivity index (χ0n) is 22.0. The fraction of sp³-hybridized carbons (Fsp3) is 0.481. The zero-order chi connectivity index (χ0) is 27.8. The molecule has 2 rings (SSSR count). The Bertz CT molecular complexity index is 960. The third kappa shape index (κ3) is 11.3. The molecule has 2 heterocycles. The Morgan fingerprint density at radius 2 is 2.03 bits per heavy atom. The predicted octanol–water partition coefficient (Wildman–Crippen LogP) is 3.51. The fourth-order valence-electron chi connectivity index (χ4n) is 3.56. The van der Waals surface area contributed by atoms with Gasteiger partial charge in [0, 0.05) is 19.2 Å². The summed E-state index contributed by atoms with van der Waals surface area (Å²) in [5.41, 5.74) is 0.714. The van der Waals surface area contributed by atoms with E-state index in [1.165, 1.54) is 26.3 Å². The standard InChI is InChI=1S/C20H28N2O7.C7H10O/c1-12-6-5-7-15(20(25)29-13(2)10-12)22-19(24)17-18(28-11-27-14(3)23)16(26-4)8-9-21-17;1-3-5-7(4-2)6-8/h8-9,12-13,15H,5-7,10-11H2,1-4H3,(H,22,24);3-5,8H,1-2,6H2/b;7-5+/t12?,13?,15-;/m0./s1. The van der Waals surface area contributed by atoms with Crippen LogP contribution in [0.5, 0.6) is 11.5 Å². The Morgan fingerprint density at radius 1 is 1.30 bits per heavy atom. The molecule has 1 aliphatic heterocycles. The number of aromatic nitrogens is 1. The van der Waals surface area contributed by atoms with Crippen molar-refractivity contribution in [3.8, 4) is 11.5 Å². The summed E-state index contributed by atoms with van der Waals surface area (Å²) in [7, 11) is 1.41. The van der Waals surface area contributed by atoms with Crippen LogP contribution in [0.15, 0.2) is 49.2 Å². The van der Waals surface area contributed by atoms with E-state index in [2.05, 4.69) is 30.4 Å². The van der Waals surface area contributed by atoms with Crippen LogP contribution in [0, 0.1) is 5.92 Å². The van der Waals surface area contributed by atoms with Gasteiger partial charge in [0.1, 0.15) is 6.04 Å². The summed E-state index contributed by atoms with van der Waals surface area (Å²) in [6.07, 6.45) is 9.09. The van der Waals surface area contributed by atoms with Crippen molar-refractivity contribution < 1.29 is 38.4 Å². The van der Waals surface area contributed by atoms with Crippen LogP contribution in [0.1, 0.15) is 56.9 Å². The number of pyridine rings is 1. The number of rotatable bonds is 9. The highest BCUT2D eigenvalue weighted by Gasteiger charge is 2.29. The molecule has 2 unspecified atom stereocenters. The number of amides is 1. The van der Waals surface area contributed by atoms with Gasteiger partial charge in [0.25, 0.3) is 5.91 Å². The molecule has 10 nitrogen and oxygen atoms in total. The summed E-state index contributed by atoms with van der Waals surface area (Å²) < 4.78 is 20.8. The maximum Gasteiger partial charge on any atom is 0.328 e. The first-order valence-corrected chi connectivity index (χ1v) is 12.0. The normalized spacial score (nSPS) is 19.9. The van der Waals surface area contributed by atoms with Gasteiger partial charge < -0.3 is 29.4 Å². The number of aliphatic hydroxyl groups excluding tert-OH is 1. The van der Waals surface area contributed by atoms with E-state index in [1.54, 1.807) is 18.2 Å². The first-order valence-electron chi connectivity index (χ1n) is 12.0. The Labute approximate surface area is 218 Å². The van der Waals surface area contributed by atoms with Crippen LogP contribution in [-0.4, -0.2) is 60.6 Å². The molecule has 1 aromatic rings. The van der Waals surface area contributed by atoms with Crippen molar-refractivity contribution >= 4 is 17.8 Å². The number of aliphatic hydroxyl groups is 1. The second-order valence-corrected chi connectivity index (χ2v) is 8.47. The van der Waals surface area contributed by atoms with E-state index in [4.69, 9.17) is 24.1 Å². The number of carbonyl (C=O) groups excluding carboxylic acids is 3. The molecule has 1 aromatic heterocycles. The van der Waals surface area contributed by atoms with Crippen LogP contribution < -0.4 is 14.8 Å². The van der Waals surface area contributed by atoms with Crippen LogP contribution in [0.25, 0.3) is 0 Å². The van der Waals surface area contributed by atoms with Gasteiger partial charge in [-0.3, -0.25) is 9.59 Å².